The Morgan fingerprint density at radius 3 is 2.57 bits per heavy atom. The van der Waals surface area contributed by atoms with E-state index in [4.69, 9.17) is 9.47 Å². The fraction of sp³-hybridized carbons (Fsp3) is 0.148. The number of methoxy groups -OCH3 is 2. The molecule has 8 nitrogen and oxygen atoms in total. The van der Waals surface area contributed by atoms with Crippen LogP contribution in [0.15, 0.2) is 78.8 Å². The van der Waals surface area contributed by atoms with Crippen molar-refractivity contribution in [2.75, 3.05) is 14.2 Å². The first kappa shape index (κ1) is 22.2. The molecular formula is C27H23N3O5. The minimum absolute atomic E-state index is 0.0136. The number of hydrogen-bond donors (Lipinski definition) is 2. The Morgan fingerprint density at radius 1 is 1.06 bits per heavy atom. The highest BCUT2D eigenvalue weighted by atomic mass is 16.5. The van der Waals surface area contributed by atoms with Gasteiger partial charge in [0.05, 0.1) is 31.4 Å². The second kappa shape index (κ2) is 8.98. The molecule has 3 heterocycles. The molecule has 0 aliphatic carbocycles. The highest BCUT2D eigenvalue weighted by Crippen LogP contribution is 2.44. The molecule has 1 aliphatic rings. The lowest BCUT2D eigenvalue weighted by Crippen LogP contribution is -2.29. The highest BCUT2D eigenvalue weighted by Gasteiger charge is 2.47. The molecule has 1 amide bonds. The Labute approximate surface area is 201 Å². The van der Waals surface area contributed by atoms with Gasteiger partial charge in [0.1, 0.15) is 17.3 Å². The van der Waals surface area contributed by atoms with E-state index in [0.29, 0.717) is 17.1 Å². The van der Waals surface area contributed by atoms with Crippen molar-refractivity contribution in [3.05, 3.63) is 95.5 Å². The van der Waals surface area contributed by atoms with E-state index in [1.165, 1.54) is 19.1 Å². The normalized spacial score (nSPS) is 17.2. The number of carbonyl (C=O) groups excluding carboxylic acids is 2. The number of rotatable bonds is 6. The van der Waals surface area contributed by atoms with Crippen molar-refractivity contribution in [3.8, 4) is 11.5 Å². The molecule has 0 spiro atoms. The average Bonchev–Trinajstić information content (AvgIpc) is 3.43. The number of carbonyl (C=O) groups is 2. The van der Waals surface area contributed by atoms with E-state index in [2.05, 4.69) is 9.97 Å². The number of H-pyrrole nitrogens is 1. The van der Waals surface area contributed by atoms with E-state index in [1.54, 1.807) is 48.9 Å². The van der Waals surface area contributed by atoms with Crippen molar-refractivity contribution < 1.29 is 24.2 Å². The van der Waals surface area contributed by atoms with Crippen LogP contribution < -0.4 is 9.47 Å². The van der Waals surface area contributed by atoms with Gasteiger partial charge in [-0.2, -0.15) is 0 Å². The Balaban J connectivity index is 1.74. The lowest BCUT2D eigenvalue weighted by atomic mass is 9.94. The molecule has 0 bridgehead atoms. The van der Waals surface area contributed by atoms with Gasteiger partial charge in [-0.1, -0.05) is 18.2 Å². The number of nitrogens with one attached hydrogen (secondary N) is 1. The monoisotopic (exact) mass is 469 g/mol. The number of ketones is 1. The van der Waals surface area contributed by atoms with Crippen LogP contribution in [0.1, 0.15) is 22.7 Å². The number of aliphatic hydroxyl groups is 1. The Hall–Kier alpha value is -4.59. The number of aliphatic hydroxyl groups excluding tert-OH is 1. The summed E-state index contributed by atoms with van der Waals surface area (Å²) in [4.78, 5) is 35.5. The third-order valence-electron chi connectivity index (χ3n) is 6.22. The Morgan fingerprint density at radius 2 is 1.83 bits per heavy atom. The molecule has 1 aliphatic heterocycles. The number of nitrogens with zero attached hydrogens (tertiary/aromatic N) is 2. The number of pyridine rings is 1. The maximum atomic E-state index is 13.4. The fourth-order valence-electron chi connectivity index (χ4n) is 4.52. The Kier molecular flexibility index (Phi) is 5.70. The number of aromatic amines is 1. The number of hydrogen-bond acceptors (Lipinski definition) is 6. The first-order valence-electron chi connectivity index (χ1n) is 11.0. The Bertz CT molecular complexity index is 1460. The van der Waals surface area contributed by atoms with Crippen molar-refractivity contribution in [2.45, 2.75) is 12.6 Å². The third kappa shape index (κ3) is 3.78. The summed E-state index contributed by atoms with van der Waals surface area (Å²) in [5.74, 6) is -0.966. The molecule has 0 radical (unpaired) electrons. The molecule has 5 rings (SSSR count). The molecule has 1 atom stereocenters. The van der Waals surface area contributed by atoms with Crippen LogP contribution in [0.2, 0.25) is 0 Å². The lowest BCUT2D eigenvalue weighted by molar-refractivity contribution is -0.140. The molecule has 1 saturated heterocycles. The van der Waals surface area contributed by atoms with Gasteiger partial charge in [-0.05, 0) is 42.0 Å². The van der Waals surface area contributed by atoms with E-state index in [-0.39, 0.29) is 23.4 Å². The van der Waals surface area contributed by atoms with Crippen LogP contribution in [0, 0.1) is 0 Å². The van der Waals surface area contributed by atoms with Crippen LogP contribution >= 0.6 is 0 Å². The molecule has 4 aromatic rings. The fourth-order valence-corrected chi connectivity index (χ4v) is 4.52. The number of ether oxygens (including phenoxy) is 2. The molecule has 0 saturated carbocycles. The standard InChI is InChI=1S/C27H23N3O5/c1-34-17-7-8-22(35-2)19(13-17)25(31)23-24(20-14-29-21-6-4-3-5-18(20)21)30(27(33)26(23)32)15-16-9-11-28-12-10-16/h3-14,24,29,31H,15H2,1-2H3/b25-23+. The van der Waals surface area contributed by atoms with Crippen LogP contribution in [-0.4, -0.2) is 45.9 Å². The number of fused-ring (bicyclic) bond motifs is 1. The highest BCUT2D eigenvalue weighted by molar-refractivity contribution is 6.46. The van der Waals surface area contributed by atoms with Gasteiger partial charge in [-0.3, -0.25) is 14.6 Å². The van der Waals surface area contributed by atoms with Gasteiger partial charge < -0.3 is 24.5 Å². The van der Waals surface area contributed by atoms with E-state index >= 15 is 0 Å². The van der Waals surface area contributed by atoms with E-state index in [9.17, 15) is 14.7 Å². The molecule has 2 aromatic heterocycles. The van der Waals surface area contributed by atoms with Crippen LogP contribution in [0.5, 0.6) is 11.5 Å². The third-order valence-corrected chi connectivity index (χ3v) is 6.22. The molecule has 2 aromatic carbocycles. The smallest absolute Gasteiger partial charge is 0.295 e. The summed E-state index contributed by atoms with van der Waals surface area (Å²) in [6.45, 7) is 0.170. The van der Waals surface area contributed by atoms with Gasteiger partial charge in [0.2, 0.25) is 0 Å². The van der Waals surface area contributed by atoms with Crippen LogP contribution in [0.4, 0.5) is 0 Å². The van der Waals surface area contributed by atoms with Gasteiger partial charge in [0.15, 0.2) is 0 Å². The SMILES string of the molecule is COc1ccc(OC)c(/C(O)=C2\C(=O)C(=O)N(Cc3ccncc3)C2c2c[nH]c3ccccc23)c1. The van der Waals surface area contributed by atoms with Gasteiger partial charge >= 0.3 is 0 Å². The quantitative estimate of drug-likeness (QED) is 0.249. The van der Waals surface area contributed by atoms with Crippen molar-refractivity contribution in [3.63, 3.8) is 0 Å². The van der Waals surface area contributed by atoms with E-state index in [1.807, 2.05) is 24.3 Å². The van der Waals surface area contributed by atoms with Crippen molar-refractivity contribution >= 4 is 28.4 Å². The number of Topliss-reactive ketones (excluding diaryl/α,β-unsaturated/α-hetero) is 1. The number of benzene rings is 2. The summed E-state index contributed by atoms with van der Waals surface area (Å²) in [6, 6.07) is 15.3. The second-order valence-electron chi connectivity index (χ2n) is 8.14. The summed E-state index contributed by atoms with van der Waals surface area (Å²) in [6.07, 6.45) is 5.04. The maximum absolute atomic E-state index is 13.4. The van der Waals surface area contributed by atoms with Crippen molar-refractivity contribution in [2.24, 2.45) is 0 Å². The van der Waals surface area contributed by atoms with E-state index < -0.39 is 17.7 Å². The summed E-state index contributed by atoms with van der Waals surface area (Å²) >= 11 is 0. The summed E-state index contributed by atoms with van der Waals surface area (Å²) in [7, 11) is 2.98. The predicted octanol–water partition coefficient (Wildman–Crippen LogP) is 4.20. The zero-order chi connectivity index (χ0) is 24.5. The van der Waals surface area contributed by atoms with Gasteiger partial charge in [0, 0.05) is 41.6 Å². The number of likely N-dealkylation sites (tertiary alicyclic amines) is 1. The maximum Gasteiger partial charge on any atom is 0.295 e. The molecule has 176 valence electrons. The zero-order valence-electron chi connectivity index (χ0n) is 19.2. The molecular weight excluding hydrogens is 446 g/mol. The van der Waals surface area contributed by atoms with Crippen molar-refractivity contribution in [1.29, 1.82) is 0 Å². The largest absolute Gasteiger partial charge is 0.507 e. The summed E-state index contributed by atoms with van der Waals surface area (Å²) < 4.78 is 10.7. The first-order chi connectivity index (χ1) is 17.0. The van der Waals surface area contributed by atoms with Gasteiger partial charge in [-0.15, -0.1) is 0 Å². The molecule has 8 heteroatoms. The van der Waals surface area contributed by atoms with E-state index in [0.717, 1.165) is 16.5 Å². The molecule has 1 unspecified atom stereocenters. The van der Waals surface area contributed by atoms with Crippen LogP contribution in [0.3, 0.4) is 0 Å². The van der Waals surface area contributed by atoms with Crippen LogP contribution in [0.25, 0.3) is 16.7 Å². The first-order valence-corrected chi connectivity index (χ1v) is 11.0. The lowest BCUT2D eigenvalue weighted by Gasteiger charge is -2.25. The second-order valence-corrected chi connectivity index (χ2v) is 8.14. The summed E-state index contributed by atoms with van der Waals surface area (Å²) in [5.41, 5.74) is 2.62. The number of aromatic nitrogens is 2. The average molecular weight is 469 g/mol. The number of para-hydroxylation sites is 1. The minimum atomic E-state index is -0.824. The zero-order valence-corrected chi connectivity index (χ0v) is 19.2. The van der Waals surface area contributed by atoms with Crippen molar-refractivity contribution in [1.82, 2.24) is 14.9 Å². The number of amides is 1. The topological polar surface area (TPSA) is 105 Å². The summed E-state index contributed by atoms with van der Waals surface area (Å²) in [5, 5.41) is 12.3. The minimum Gasteiger partial charge on any atom is -0.507 e. The molecule has 2 N–H and O–H groups in total. The predicted molar refractivity (Wildman–Crippen MR) is 130 cm³/mol. The van der Waals surface area contributed by atoms with Crippen LogP contribution in [-0.2, 0) is 16.1 Å². The molecule has 1 fully saturated rings. The molecule has 35 heavy (non-hydrogen) atoms. The van der Waals surface area contributed by atoms with Gasteiger partial charge in [-0.25, -0.2) is 0 Å². The van der Waals surface area contributed by atoms with Gasteiger partial charge in [0.25, 0.3) is 11.7 Å².